The number of cyclic esters (lactones) is 1. The second kappa shape index (κ2) is 8.37. The van der Waals surface area contributed by atoms with Crippen molar-refractivity contribution in [3.8, 4) is 0 Å². The van der Waals surface area contributed by atoms with Crippen molar-refractivity contribution >= 4 is 12.0 Å². The van der Waals surface area contributed by atoms with Crippen LogP contribution in [0.3, 0.4) is 0 Å². The Balaban J connectivity index is 1.94. The van der Waals surface area contributed by atoms with Crippen molar-refractivity contribution < 1.29 is 14.3 Å². The van der Waals surface area contributed by atoms with Crippen LogP contribution < -0.4 is 0 Å². The highest BCUT2D eigenvalue weighted by Crippen LogP contribution is 2.18. The number of imide groups is 1. The molecule has 1 aliphatic heterocycles. The van der Waals surface area contributed by atoms with E-state index in [0.29, 0.717) is 6.42 Å². The van der Waals surface area contributed by atoms with Gasteiger partial charge < -0.3 is 4.74 Å². The predicted molar refractivity (Wildman–Crippen MR) is 85.4 cm³/mol. The lowest BCUT2D eigenvalue weighted by atomic mass is 10.1. The maximum Gasteiger partial charge on any atom is 0.417 e. The summed E-state index contributed by atoms with van der Waals surface area (Å²) < 4.78 is 5.05. The Kier molecular flexibility index (Phi) is 6.19. The third-order valence-electron chi connectivity index (χ3n) is 3.75. The molecule has 0 saturated carbocycles. The monoisotopic (exact) mass is 301 g/mol. The molecule has 4 heteroatoms. The molecule has 22 heavy (non-hydrogen) atoms. The number of carbonyl (C=O) groups excluding carboxylic acids is 2. The number of carbonyl (C=O) groups is 2. The van der Waals surface area contributed by atoms with Gasteiger partial charge in [-0.05, 0) is 30.9 Å². The number of hydrogen-bond donors (Lipinski definition) is 0. The number of benzene rings is 1. The summed E-state index contributed by atoms with van der Waals surface area (Å²) in [5, 5.41) is 0. The van der Waals surface area contributed by atoms with E-state index in [2.05, 4.69) is 6.92 Å². The van der Waals surface area contributed by atoms with Crippen molar-refractivity contribution in [2.75, 3.05) is 6.61 Å². The van der Waals surface area contributed by atoms with Crippen molar-refractivity contribution in [1.82, 2.24) is 4.90 Å². The zero-order valence-corrected chi connectivity index (χ0v) is 13.0. The highest BCUT2D eigenvalue weighted by Gasteiger charge is 2.36. The molecule has 2 amide bonds. The summed E-state index contributed by atoms with van der Waals surface area (Å²) in [7, 11) is 0. The molecule has 1 aromatic carbocycles. The van der Waals surface area contributed by atoms with E-state index in [1.54, 1.807) is 0 Å². The molecule has 2 rings (SSSR count). The molecule has 1 aliphatic rings. The molecule has 1 saturated heterocycles. The molecule has 0 spiro atoms. The standard InChI is InChI=1S/C18H23NO3/c1-2-3-4-5-9-12-17(20)19-16(14-22-18(19)21)13-15-10-7-6-8-11-15/h6-12,16H,2-5,13-14H2,1H3/t16-/m0/s1. The van der Waals surface area contributed by atoms with Gasteiger partial charge >= 0.3 is 6.09 Å². The van der Waals surface area contributed by atoms with Gasteiger partial charge in [0.1, 0.15) is 6.61 Å². The molecule has 4 nitrogen and oxygen atoms in total. The van der Waals surface area contributed by atoms with Crippen LogP contribution in [0.4, 0.5) is 4.79 Å². The molecule has 0 unspecified atom stereocenters. The lowest BCUT2D eigenvalue weighted by Crippen LogP contribution is -2.39. The van der Waals surface area contributed by atoms with Crippen LogP contribution in [0, 0.1) is 0 Å². The number of hydrogen-bond acceptors (Lipinski definition) is 3. The highest BCUT2D eigenvalue weighted by molar-refractivity contribution is 5.99. The fourth-order valence-electron chi connectivity index (χ4n) is 2.54. The summed E-state index contributed by atoms with van der Waals surface area (Å²) in [5.41, 5.74) is 1.09. The Morgan fingerprint density at radius 3 is 2.82 bits per heavy atom. The molecule has 1 atom stereocenters. The number of rotatable bonds is 7. The quantitative estimate of drug-likeness (QED) is 0.569. The fraction of sp³-hybridized carbons (Fsp3) is 0.444. The van der Waals surface area contributed by atoms with Crippen molar-refractivity contribution in [3.63, 3.8) is 0 Å². The normalized spacial score (nSPS) is 18.0. The molecule has 0 N–H and O–H groups in total. The summed E-state index contributed by atoms with van der Waals surface area (Å²) in [5.74, 6) is -0.278. The van der Waals surface area contributed by atoms with E-state index in [-0.39, 0.29) is 18.6 Å². The van der Waals surface area contributed by atoms with E-state index in [1.165, 1.54) is 11.0 Å². The van der Waals surface area contributed by atoms with E-state index >= 15 is 0 Å². The maximum atomic E-state index is 12.2. The lowest BCUT2D eigenvalue weighted by Gasteiger charge is -2.18. The SMILES string of the molecule is CCCCCC=CC(=O)N1C(=O)OC[C@@H]1Cc1ccccc1. The Morgan fingerprint density at radius 2 is 2.09 bits per heavy atom. The predicted octanol–water partition coefficient (Wildman–Crippen LogP) is 3.71. The van der Waals surface area contributed by atoms with Crippen molar-refractivity contribution in [1.29, 1.82) is 0 Å². The Bertz CT molecular complexity index is 524. The number of ether oxygens (including phenoxy) is 1. The summed E-state index contributed by atoms with van der Waals surface area (Å²) in [6.07, 6.45) is 7.68. The Morgan fingerprint density at radius 1 is 1.32 bits per heavy atom. The average Bonchev–Trinajstić information content (AvgIpc) is 2.88. The zero-order valence-electron chi connectivity index (χ0n) is 13.0. The van der Waals surface area contributed by atoms with Gasteiger partial charge in [-0.1, -0.05) is 56.2 Å². The van der Waals surface area contributed by atoms with Gasteiger partial charge in [-0.2, -0.15) is 0 Å². The van der Waals surface area contributed by atoms with Gasteiger partial charge in [0.25, 0.3) is 5.91 Å². The first-order chi connectivity index (χ1) is 10.7. The van der Waals surface area contributed by atoms with Crippen LogP contribution in [0.2, 0.25) is 0 Å². The van der Waals surface area contributed by atoms with E-state index in [0.717, 1.165) is 31.2 Å². The summed E-state index contributed by atoms with van der Waals surface area (Å²) in [4.78, 5) is 25.3. The van der Waals surface area contributed by atoms with E-state index in [1.807, 2.05) is 36.4 Å². The number of allylic oxidation sites excluding steroid dienone is 1. The highest BCUT2D eigenvalue weighted by atomic mass is 16.6. The average molecular weight is 301 g/mol. The minimum Gasteiger partial charge on any atom is -0.447 e. The summed E-state index contributed by atoms with van der Waals surface area (Å²) in [6, 6.07) is 9.61. The van der Waals surface area contributed by atoms with Crippen LogP contribution in [0.25, 0.3) is 0 Å². The number of amides is 2. The maximum absolute atomic E-state index is 12.2. The van der Waals surface area contributed by atoms with E-state index in [4.69, 9.17) is 4.74 Å². The first-order valence-electron chi connectivity index (χ1n) is 7.92. The molecule has 1 fully saturated rings. The molecule has 0 bridgehead atoms. The number of unbranched alkanes of at least 4 members (excludes halogenated alkanes) is 3. The van der Waals surface area contributed by atoms with E-state index < -0.39 is 6.09 Å². The zero-order chi connectivity index (χ0) is 15.8. The van der Waals surface area contributed by atoms with Crippen LogP contribution in [-0.4, -0.2) is 29.5 Å². The summed E-state index contributed by atoms with van der Waals surface area (Å²) >= 11 is 0. The molecule has 0 aromatic heterocycles. The topological polar surface area (TPSA) is 46.6 Å². The van der Waals surface area contributed by atoms with Gasteiger partial charge in [0.15, 0.2) is 0 Å². The minimum absolute atomic E-state index is 0.220. The van der Waals surface area contributed by atoms with Crippen LogP contribution in [0.1, 0.15) is 38.2 Å². The first-order valence-corrected chi connectivity index (χ1v) is 7.92. The molecule has 1 heterocycles. The van der Waals surface area contributed by atoms with Crippen LogP contribution in [-0.2, 0) is 16.0 Å². The smallest absolute Gasteiger partial charge is 0.417 e. The van der Waals surface area contributed by atoms with Gasteiger partial charge in [0, 0.05) is 0 Å². The third-order valence-corrected chi connectivity index (χ3v) is 3.75. The van der Waals surface area contributed by atoms with Crippen LogP contribution >= 0.6 is 0 Å². The van der Waals surface area contributed by atoms with Gasteiger partial charge in [-0.3, -0.25) is 4.79 Å². The Labute approximate surface area is 131 Å². The minimum atomic E-state index is -0.538. The van der Waals surface area contributed by atoms with Gasteiger partial charge in [0.05, 0.1) is 6.04 Å². The Hall–Kier alpha value is -2.10. The molecule has 118 valence electrons. The van der Waals surface area contributed by atoms with Gasteiger partial charge in [-0.15, -0.1) is 0 Å². The number of nitrogens with zero attached hydrogens (tertiary/aromatic N) is 1. The molecule has 0 aliphatic carbocycles. The lowest BCUT2D eigenvalue weighted by molar-refractivity contribution is -0.124. The molecule has 0 radical (unpaired) electrons. The summed E-state index contributed by atoms with van der Waals surface area (Å²) in [6.45, 7) is 2.41. The molecule has 1 aromatic rings. The van der Waals surface area contributed by atoms with Crippen molar-refractivity contribution in [2.45, 2.75) is 45.1 Å². The van der Waals surface area contributed by atoms with Crippen LogP contribution in [0.15, 0.2) is 42.5 Å². The van der Waals surface area contributed by atoms with Crippen molar-refractivity contribution in [3.05, 3.63) is 48.0 Å². The van der Waals surface area contributed by atoms with Crippen LogP contribution in [0.5, 0.6) is 0 Å². The third kappa shape index (κ3) is 4.45. The fourth-order valence-corrected chi connectivity index (χ4v) is 2.54. The second-order valence-electron chi connectivity index (χ2n) is 5.53. The second-order valence-corrected chi connectivity index (χ2v) is 5.53. The largest absolute Gasteiger partial charge is 0.447 e. The van der Waals surface area contributed by atoms with Crippen molar-refractivity contribution in [2.24, 2.45) is 0 Å². The van der Waals surface area contributed by atoms with Gasteiger partial charge in [-0.25, -0.2) is 9.69 Å². The van der Waals surface area contributed by atoms with E-state index in [9.17, 15) is 9.59 Å². The molecular formula is C18H23NO3. The van der Waals surface area contributed by atoms with Gasteiger partial charge in [0.2, 0.25) is 0 Å². The first kappa shape index (κ1) is 16.3. The molecular weight excluding hydrogens is 278 g/mol.